The lowest BCUT2D eigenvalue weighted by molar-refractivity contribution is -0.405. The second-order valence-electron chi connectivity index (χ2n) is 10.9. The maximum Gasteiger partial charge on any atom is 0.217 e. The molecule has 4 aliphatic heterocycles. The molecule has 15 atom stereocenters. The smallest absolute Gasteiger partial charge is 0.217 e. The number of aliphatic hydroxyl groups is 5. The molecule has 4 heterocycles. The van der Waals surface area contributed by atoms with Crippen LogP contribution in [0.25, 0.3) is 0 Å². The van der Waals surface area contributed by atoms with E-state index in [1.807, 2.05) is 0 Å². The number of amides is 1. The maximum atomic E-state index is 12.3. The molecule has 15 heteroatoms. The van der Waals surface area contributed by atoms with Gasteiger partial charge >= 0.3 is 0 Å². The van der Waals surface area contributed by atoms with Gasteiger partial charge in [-0.05, 0) is 27.7 Å². The molecule has 0 radical (unpaired) electrons. The van der Waals surface area contributed by atoms with Crippen molar-refractivity contribution >= 4 is 5.91 Å². The van der Waals surface area contributed by atoms with E-state index in [2.05, 4.69) is 5.32 Å². The van der Waals surface area contributed by atoms with Crippen LogP contribution in [0.15, 0.2) is 0 Å². The number of ether oxygens (including phenoxy) is 8. The number of carbonyl (C=O) groups is 1. The zero-order chi connectivity index (χ0) is 28.8. The zero-order valence-electron chi connectivity index (χ0n) is 22.8. The van der Waals surface area contributed by atoms with E-state index < -0.39 is 104 Å². The molecule has 6 N–H and O–H groups in total. The number of nitrogens with one attached hydrogen (secondary N) is 1. The first-order chi connectivity index (χ1) is 18.2. The minimum Gasteiger partial charge on any atom is -0.388 e. The van der Waals surface area contributed by atoms with E-state index in [1.54, 1.807) is 20.8 Å². The van der Waals surface area contributed by atoms with Crippen LogP contribution in [0, 0.1) is 0 Å². The Kier molecular flexibility index (Phi) is 9.55. The molecule has 0 aromatic heterocycles. The van der Waals surface area contributed by atoms with Gasteiger partial charge in [0, 0.05) is 14.0 Å². The van der Waals surface area contributed by atoms with Gasteiger partial charge in [-0.2, -0.15) is 0 Å². The fourth-order valence-electron chi connectivity index (χ4n) is 5.26. The van der Waals surface area contributed by atoms with Crippen molar-refractivity contribution in [3.63, 3.8) is 0 Å². The summed E-state index contributed by atoms with van der Waals surface area (Å²) in [5.41, 5.74) is 0. The number of aliphatic hydroxyl groups excluding tert-OH is 5. The molecule has 4 rings (SSSR count). The molecule has 0 aromatic rings. The second-order valence-corrected chi connectivity index (χ2v) is 10.9. The molecule has 0 bridgehead atoms. The number of hydrogen-bond acceptors (Lipinski definition) is 14. The maximum absolute atomic E-state index is 12.3. The van der Waals surface area contributed by atoms with Crippen LogP contribution < -0.4 is 5.32 Å². The summed E-state index contributed by atoms with van der Waals surface area (Å²) in [5, 5.41) is 55.0. The van der Waals surface area contributed by atoms with Crippen LogP contribution in [-0.4, -0.2) is 143 Å². The lowest BCUT2D eigenvalue weighted by atomic mass is 9.93. The molecule has 39 heavy (non-hydrogen) atoms. The summed E-state index contributed by atoms with van der Waals surface area (Å²) in [5.74, 6) is -1.55. The monoisotopic (exact) mass is 567 g/mol. The Bertz CT molecular complexity index is 846. The van der Waals surface area contributed by atoms with Gasteiger partial charge in [-0.15, -0.1) is 0 Å². The summed E-state index contributed by atoms with van der Waals surface area (Å²) in [7, 11) is 1.35. The average molecular weight is 568 g/mol. The number of fused-ring (bicyclic) bond motifs is 1. The van der Waals surface area contributed by atoms with E-state index in [4.69, 9.17) is 37.9 Å². The van der Waals surface area contributed by atoms with Gasteiger partial charge in [0.2, 0.25) is 5.91 Å². The van der Waals surface area contributed by atoms with E-state index in [0.717, 1.165) is 0 Å². The molecule has 15 nitrogen and oxygen atoms in total. The fourth-order valence-corrected chi connectivity index (χ4v) is 5.26. The molecule has 0 spiro atoms. The Morgan fingerprint density at radius 1 is 0.821 bits per heavy atom. The molecule has 4 fully saturated rings. The Morgan fingerprint density at radius 2 is 1.41 bits per heavy atom. The number of methoxy groups -OCH3 is 1. The summed E-state index contributed by atoms with van der Waals surface area (Å²) < 4.78 is 46.9. The van der Waals surface area contributed by atoms with Crippen LogP contribution in [0.1, 0.15) is 34.6 Å². The van der Waals surface area contributed by atoms with Crippen molar-refractivity contribution in [2.45, 2.75) is 132 Å². The van der Waals surface area contributed by atoms with Crippen molar-refractivity contribution in [3.8, 4) is 0 Å². The normalized spacial score (nSPS) is 50.2. The fraction of sp³-hybridized carbons (Fsp3) is 0.958. The van der Waals surface area contributed by atoms with E-state index in [9.17, 15) is 30.3 Å². The van der Waals surface area contributed by atoms with Crippen molar-refractivity contribution in [2.75, 3.05) is 13.7 Å². The van der Waals surface area contributed by atoms with E-state index in [0.29, 0.717) is 0 Å². The summed E-state index contributed by atoms with van der Waals surface area (Å²) in [6, 6.07) is -1.12. The van der Waals surface area contributed by atoms with Gasteiger partial charge in [0.05, 0.1) is 18.8 Å². The van der Waals surface area contributed by atoms with Crippen molar-refractivity contribution in [1.29, 1.82) is 0 Å². The van der Waals surface area contributed by atoms with Crippen LogP contribution in [0.5, 0.6) is 0 Å². The molecule has 4 aliphatic rings. The number of rotatable bonds is 6. The van der Waals surface area contributed by atoms with Gasteiger partial charge in [-0.3, -0.25) is 4.79 Å². The highest BCUT2D eigenvalue weighted by atomic mass is 16.8. The van der Waals surface area contributed by atoms with Gasteiger partial charge in [-0.25, -0.2) is 0 Å². The Labute approximate surface area is 226 Å². The van der Waals surface area contributed by atoms with Crippen molar-refractivity contribution in [1.82, 2.24) is 5.32 Å². The third-order valence-electron chi connectivity index (χ3n) is 7.44. The number of hydrogen-bond donors (Lipinski definition) is 6. The highest BCUT2D eigenvalue weighted by molar-refractivity contribution is 5.73. The van der Waals surface area contributed by atoms with E-state index in [1.165, 1.54) is 21.0 Å². The first kappa shape index (κ1) is 30.9. The topological polar surface area (TPSA) is 204 Å². The van der Waals surface area contributed by atoms with Crippen LogP contribution in [0.2, 0.25) is 0 Å². The summed E-state index contributed by atoms with van der Waals surface area (Å²) in [6.07, 6.45) is -16.8. The molecular weight excluding hydrogens is 526 g/mol. The standard InChI is InChI=1S/C24H41NO14/c1-8-13(27)15(29)17(31)22(34-8)37-19-12(25-10(3)26)21(36-11-7-33-24(4,5)39-18(11)19)38-20-16(30)14(28)9(2)35-23(20)32-6/h8-9,11-23,27-31H,7H2,1-6H3,(H,25,26)/t8-,9-,11+,12+,13-,14-,15+,16+,17+,18+,19+,20+,21-,22-,23+/m0/s1. The predicted octanol–water partition coefficient (Wildman–Crippen LogP) is -2.92. The van der Waals surface area contributed by atoms with Gasteiger partial charge in [0.15, 0.2) is 24.7 Å². The Balaban J connectivity index is 1.66. The lowest BCUT2D eigenvalue weighted by Crippen LogP contribution is -2.71. The Hall–Kier alpha value is -1.05. The first-order valence-electron chi connectivity index (χ1n) is 13.0. The quantitative estimate of drug-likeness (QED) is 0.190. The molecule has 0 saturated carbocycles. The minimum absolute atomic E-state index is 0.0348. The van der Waals surface area contributed by atoms with E-state index >= 15 is 0 Å². The summed E-state index contributed by atoms with van der Waals surface area (Å²) in [4.78, 5) is 12.3. The summed E-state index contributed by atoms with van der Waals surface area (Å²) >= 11 is 0. The van der Waals surface area contributed by atoms with Crippen LogP contribution in [0.3, 0.4) is 0 Å². The zero-order valence-corrected chi connectivity index (χ0v) is 22.8. The van der Waals surface area contributed by atoms with Gasteiger partial charge in [0.1, 0.15) is 61.0 Å². The van der Waals surface area contributed by atoms with Crippen LogP contribution in [-0.2, 0) is 42.7 Å². The Morgan fingerprint density at radius 3 is 2.03 bits per heavy atom. The van der Waals surface area contributed by atoms with Crippen molar-refractivity contribution in [2.24, 2.45) is 0 Å². The molecule has 1 amide bonds. The van der Waals surface area contributed by atoms with Crippen molar-refractivity contribution in [3.05, 3.63) is 0 Å². The third-order valence-corrected chi connectivity index (χ3v) is 7.44. The van der Waals surface area contributed by atoms with Crippen LogP contribution >= 0.6 is 0 Å². The second kappa shape index (κ2) is 12.1. The highest BCUT2D eigenvalue weighted by Gasteiger charge is 2.57. The van der Waals surface area contributed by atoms with Gasteiger partial charge < -0.3 is 68.7 Å². The van der Waals surface area contributed by atoms with Crippen molar-refractivity contribution < 1.29 is 68.2 Å². The largest absolute Gasteiger partial charge is 0.388 e. The number of carbonyl (C=O) groups excluding carboxylic acids is 1. The summed E-state index contributed by atoms with van der Waals surface area (Å²) in [6.45, 7) is 7.76. The van der Waals surface area contributed by atoms with Gasteiger partial charge in [0.25, 0.3) is 0 Å². The molecular formula is C24H41NO14. The van der Waals surface area contributed by atoms with E-state index in [-0.39, 0.29) is 6.61 Å². The molecule has 0 aliphatic carbocycles. The SMILES string of the molecule is CO[C@@H]1O[C@@H](C)[C@H](O)[C@@H](O)[C@H]1O[C@@H]1O[C@@H]2COC(C)(C)O[C@H]2[C@H](O[C@@H]2O[C@@H](C)[C@H](O)[C@@H](O)[C@H]2O)[C@H]1NC(C)=O. The predicted molar refractivity (Wildman–Crippen MR) is 127 cm³/mol. The highest BCUT2D eigenvalue weighted by Crippen LogP contribution is 2.37. The average Bonchev–Trinajstić information content (AvgIpc) is 2.87. The molecule has 226 valence electrons. The molecule has 0 aromatic carbocycles. The van der Waals surface area contributed by atoms with Gasteiger partial charge in [-0.1, -0.05) is 0 Å². The molecule has 4 saturated heterocycles. The first-order valence-corrected chi connectivity index (χ1v) is 13.0. The van der Waals surface area contributed by atoms with Crippen LogP contribution in [0.4, 0.5) is 0 Å². The molecule has 0 unspecified atom stereocenters. The minimum atomic E-state index is -1.63. The third kappa shape index (κ3) is 6.40. The lowest BCUT2D eigenvalue weighted by Gasteiger charge is -2.53.